The molecule has 0 saturated carbocycles. The molecule has 1 unspecified atom stereocenters. The minimum atomic E-state index is -0.502. The van der Waals surface area contributed by atoms with Crippen LogP contribution in [0.5, 0.6) is 11.5 Å². The van der Waals surface area contributed by atoms with Gasteiger partial charge in [0.1, 0.15) is 11.5 Å². The summed E-state index contributed by atoms with van der Waals surface area (Å²) in [5, 5.41) is 11.4. The molecule has 2 rings (SSSR count). The van der Waals surface area contributed by atoms with Crippen molar-refractivity contribution in [2.75, 3.05) is 0 Å². The highest BCUT2D eigenvalue weighted by Gasteiger charge is 2.39. The lowest BCUT2D eigenvalue weighted by Gasteiger charge is -2.32. The number of hydrogen-bond donors (Lipinski definition) is 1. The van der Waals surface area contributed by atoms with Gasteiger partial charge in [-0.05, 0) is 60.2 Å². The summed E-state index contributed by atoms with van der Waals surface area (Å²) in [5.74, 6) is 1.22. The van der Waals surface area contributed by atoms with Crippen LogP contribution in [0.1, 0.15) is 41.0 Å². The Hall–Kier alpha value is -2.03. The average Bonchev–Trinajstić information content (AvgIpc) is 2.46. The number of phenolic OH excluding ortho intramolecular Hbond substituents is 1. The molecule has 0 radical (unpaired) electrons. The molecule has 2 aromatic carbocycles. The van der Waals surface area contributed by atoms with E-state index in [-0.39, 0.29) is 17.6 Å². The molecule has 0 saturated heterocycles. The Balaban J connectivity index is 2.26. The summed E-state index contributed by atoms with van der Waals surface area (Å²) in [5.41, 5.74) is -0.502. The third kappa shape index (κ3) is 3.84. The van der Waals surface area contributed by atoms with Crippen molar-refractivity contribution in [3.05, 3.63) is 36.4 Å². The van der Waals surface area contributed by atoms with Crippen LogP contribution in [0.25, 0.3) is 10.8 Å². The SMILES string of the molecule is CC(C)CC(C)(C(=O)Oc1ccc2cc(O)ccc2c1)C(C)C. The molecule has 124 valence electrons. The fourth-order valence-corrected chi connectivity index (χ4v) is 2.90. The van der Waals surface area contributed by atoms with E-state index in [2.05, 4.69) is 27.7 Å². The van der Waals surface area contributed by atoms with E-state index in [1.165, 1.54) is 0 Å². The number of esters is 1. The molecule has 0 spiro atoms. The van der Waals surface area contributed by atoms with Gasteiger partial charge in [-0.15, -0.1) is 0 Å². The zero-order valence-electron chi connectivity index (χ0n) is 14.6. The van der Waals surface area contributed by atoms with Gasteiger partial charge in [0.05, 0.1) is 5.41 Å². The maximum absolute atomic E-state index is 12.7. The maximum atomic E-state index is 12.7. The third-order valence-electron chi connectivity index (χ3n) is 4.58. The molecule has 3 nitrogen and oxygen atoms in total. The zero-order chi connectivity index (χ0) is 17.2. The lowest BCUT2D eigenvalue weighted by atomic mass is 9.73. The van der Waals surface area contributed by atoms with Crippen LogP contribution in [-0.4, -0.2) is 11.1 Å². The van der Waals surface area contributed by atoms with Crippen molar-refractivity contribution in [3.8, 4) is 11.5 Å². The Morgan fingerprint density at radius 1 is 1.09 bits per heavy atom. The van der Waals surface area contributed by atoms with Crippen LogP contribution in [0.2, 0.25) is 0 Å². The van der Waals surface area contributed by atoms with Crippen molar-refractivity contribution in [1.29, 1.82) is 0 Å². The second-order valence-corrected chi connectivity index (χ2v) is 7.25. The number of aromatic hydroxyl groups is 1. The molecule has 1 N–H and O–H groups in total. The molecule has 0 aliphatic rings. The van der Waals surface area contributed by atoms with Crippen LogP contribution in [0.15, 0.2) is 36.4 Å². The minimum Gasteiger partial charge on any atom is -0.508 e. The predicted octanol–water partition coefficient (Wildman–Crippen LogP) is 5.16. The Morgan fingerprint density at radius 2 is 1.70 bits per heavy atom. The normalized spacial score (nSPS) is 14.2. The van der Waals surface area contributed by atoms with E-state index in [0.717, 1.165) is 17.2 Å². The van der Waals surface area contributed by atoms with Crippen molar-refractivity contribution in [2.24, 2.45) is 17.3 Å². The molecule has 23 heavy (non-hydrogen) atoms. The van der Waals surface area contributed by atoms with Crippen LogP contribution in [0.3, 0.4) is 0 Å². The van der Waals surface area contributed by atoms with Gasteiger partial charge in [-0.3, -0.25) is 4.79 Å². The number of ether oxygens (including phenoxy) is 1. The van der Waals surface area contributed by atoms with E-state index < -0.39 is 5.41 Å². The van der Waals surface area contributed by atoms with Crippen LogP contribution >= 0.6 is 0 Å². The fourth-order valence-electron chi connectivity index (χ4n) is 2.90. The Bertz CT molecular complexity index is 703. The summed E-state index contributed by atoms with van der Waals surface area (Å²) in [6.45, 7) is 10.4. The molecular weight excluding hydrogens is 288 g/mol. The van der Waals surface area contributed by atoms with Crippen molar-refractivity contribution in [1.82, 2.24) is 0 Å². The van der Waals surface area contributed by atoms with Crippen molar-refractivity contribution in [2.45, 2.75) is 41.0 Å². The summed E-state index contributed by atoms with van der Waals surface area (Å²) in [7, 11) is 0. The van der Waals surface area contributed by atoms with Crippen LogP contribution in [0.4, 0.5) is 0 Å². The molecule has 0 fully saturated rings. The average molecular weight is 314 g/mol. The molecule has 0 amide bonds. The first-order chi connectivity index (χ1) is 10.7. The van der Waals surface area contributed by atoms with Crippen molar-refractivity contribution in [3.63, 3.8) is 0 Å². The smallest absolute Gasteiger partial charge is 0.317 e. The van der Waals surface area contributed by atoms with Gasteiger partial charge in [0.25, 0.3) is 0 Å². The lowest BCUT2D eigenvalue weighted by Crippen LogP contribution is -2.38. The second-order valence-electron chi connectivity index (χ2n) is 7.25. The molecule has 0 heterocycles. The quantitative estimate of drug-likeness (QED) is 0.612. The van der Waals surface area contributed by atoms with Gasteiger partial charge in [0.15, 0.2) is 0 Å². The standard InChI is InChI=1S/C20H26O3/c1-13(2)12-20(5,14(3)4)19(22)23-18-9-7-15-10-17(21)8-6-16(15)11-18/h6-11,13-14,21H,12H2,1-5H3. The van der Waals surface area contributed by atoms with Gasteiger partial charge in [0, 0.05) is 0 Å². The zero-order valence-corrected chi connectivity index (χ0v) is 14.6. The van der Waals surface area contributed by atoms with Crippen LogP contribution in [0, 0.1) is 17.3 Å². The van der Waals surface area contributed by atoms with Gasteiger partial charge in [-0.2, -0.15) is 0 Å². The monoisotopic (exact) mass is 314 g/mol. The summed E-state index contributed by atoms with van der Waals surface area (Å²) in [4.78, 5) is 12.7. The highest BCUT2D eigenvalue weighted by Crippen LogP contribution is 2.36. The van der Waals surface area contributed by atoms with E-state index in [9.17, 15) is 9.90 Å². The Morgan fingerprint density at radius 3 is 2.30 bits per heavy atom. The number of carbonyl (C=O) groups is 1. The predicted molar refractivity (Wildman–Crippen MR) is 93.6 cm³/mol. The molecule has 3 heteroatoms. The van der Waals surface area contributed by atoms with E-state index in [4.69, 9.17) is 4.74 Å². The largest absolute Gasteiger partial charge is 0.508 e. The van der Waals surface area contributed by atoms with Gasteiger partial charge in [0.2, 0.25) is 0 Å². The third-order valence-corrected chi connectivity index (χ3v) is 4.58. The first-order valence-corrected chi connectivity index (χ1v) is 8.17. The number of phenols is 1. The number of benzene rings is 2. The summed E-state index contributed by atoms with van der Waals surface area (Å²) in [6.07, 6.45) is 0.797. The summed E-state index contributed by atoms with van der Waals surface area (Å²) >= 11 is 0. The second kappa shape index (κ2) is 6.61. The number of rotatable bonds is 5. The molecular formula is C20H26O3. The van der Waals surface area contributed by atoms with Gasteiger partial charge >= 0.3 is 5.97 Å². The maximum Gasteiger partial charge on any atom is 0.317 e. The Labute approximate surface area is 138 Å². The van der Waals surface area contributed by atoms with E-state index in [1.54, 1.807) is 18.2 Å². The first-order valence-electron chi connectivity index (χ1n) is 8.17. The van der Waals surface area contributed by atoms with Crippen molar-refractivity contribution >= 4 is 16.7 Å². The lowest BCUT2D eigenvalue weighted by molar-refractivity contribution is -0.148. The number of carbonyl (C=O) groups excluding carboxylic acids is 1. The minimum absolute atomic E-state index is 0.181. The van der Waals surface area contributed by atoms with Crippen LogP contribution in [-0.2, 0) is 4.79 Å². The Kier molecular flexibility index (Phi) is 4.98. The molecule has 1 atom stereocenters. The summed E-state index contributed by atoms with van der Waals surface area (Å²) < 4.78 is 5.68. The molecule has 0 bridgehead atoms. The molecule has 0 aromatic heterocycles. The van der Waals surface area contributed by atoms with Crippen LogP contribution < -0.4 is 4.74 Å². The summed E-state index contributed by atoms with van der Waals surface area (Å²) in [6, 6.07) is 10.6. The highest BCUT2D eigenvalue weighted by atomic mass is 16.5. The molecule has 0 aliphatic carbocycles. The van der Waals surface area contributed by atoms with Gasteiger partial charge in [-0.1, -0.05) is 39.8 Å². The van der Waals surface area contributed by atoms with Gasteiger partial charge in [-0.25, -0.2) is 0 Å². The highest BCUT2D eigenvalue weighted by molar-refractivity contribution is 5.86. The number of hydrogen-bond acceptors (Lipinski definition) is 3. The van der Waals surface area contributed by atoms with E-state index in [0.29, 0.717) is 11.7 Å². The number of fused-ring (bicyclic) bond motifs is 1. The molecule has 0 aliphatic heterocycles. The van der Waals surface area contributed by atoms with Crippen molar-refractivity contribution < 1.29 is 14.6 Å². The first kappa shape index (κ1) is 17.3. The van der Waals surface area contributed by atoms with E-state index in [1.807, 2.05) is 25.1 Å². The fraction of sp³-hybridized carbons (Fsp3) is 0.450. The topological polar surface area (TPSA) is 46.5 Å². The van der Waals surface area contributed by atoms with Gasteiger partial charge < -0.3 is 9.84 Å². The molecule has 2 aromatic rings. The van der Waals surface area contributed by atoms with E-state index >= 15 is 0 Å².